The lowest BCUT2D eigenvalue weighted by Crippen LogP contribution is -2.58. The van der Waals surface area contributed by atoms with Crippen LogP contribution in [0.25, 0.3) is 0 Å². The number of nitrogens with zero attached hydrogens (tertiary/aromatic N) is 1. The van der Waals surface area contributed by atoms with Crippen LogP contribution < -0.4 is 11.1 Å². The minimum absolute atomic E-state index is 0.00223. The Bertz CT molecular complexity index is 867. The van der Waals surface area contributed by atoms with Crippen molar-refractivity contribution in [1.29, 1.82) is 0 Å². The van der Waals surface area contributed by atoms with Crippen LogP contribution in [0.2, 0.25) is 0 Å². The van der Waals surface area contributed by atoms with Gasteiger partial charge in [-0.1, -0.05) is 6.07 Å². The van der Waals surface area contributed by atoms with Gasteiger partial charge < -0.3 is 20.5 Å². The monoisotopic (exact) mass is 459 g/mol. The molecule has 2 unspecified atom stereocenters. The van der Waals surface area contributed by atoms with E-state index in [0.29, 0.717) is 6.07 Å². The molecule has 32 heavy (non-hydrogen) atoms. The van der Waals surface area contributed by atoms with Gasteiger partial charge in [0.05, 0.1) is 23.8 Å². The van der Waals surface area contributed by atoms with E-state index in [4.69, 9.17) is 15.2 Å². The van der Waals surface area contributed by atoms with E-state index in [-0.39, 0.29) is 37.4 Å². The van der Waals surface area contributed by atoms with Gasteiger partial charge in [-0.3, -0.25) is 9.69 Å². The van der Waals surface area contributed by atoms with E-state index >= 15 is 0 Å². The minimum Gasteiger partial charge on any atom is -0.462 e. The number of hydrogen-bond donors (Lipinski definition) is 2. The molecule has 0 spiro atoms. The van der Waals surface area contributed by atoms with Gasteiger partial charge in [-0.05, 0) is 45.4 Å². The van der Waals surface area contributed by atoms with Gasteiger partial charge in [-0.15, -0.1) is 0 Å². The second kappa shape index (κ2) is 9.86. The van der Waals surface area contributed by atoms with Gasteiger partial charge in [-0.25, -0.2) is 9.59 Å². The Balaban J connectivity index is 2.60. The average molecular weight is 459 g/mol. The zero-order chi connectivity index (χ0) is 24.3. The normalized spacial score (nSPS) is 18.7. The first-order valence-electron chi connectivity index (χ1n) is 10.1. The first-order chi connectivity index (χ1) is 14.7. The summed E-state index contributed by atoms with van der Waals surface area (Å²) >= 11 is 0. The first-order valence-corrected chi connectivity index (χ1v) is 10.1. The van der Waals surface area contributed by atoms with Gasteiger partial charge in [0.25, 0.3) is 0 Å². The molecule has 0 bridgehead atoms. The van der Waals surface area contributed by atoms with E-state index in [1.54, 1.807) is 20.8 Å². The Kier molecular flexibility index (Phi) is 7.89. The smallest absolute Gasteiger partial charge is 0.416 e. The van der Waals surface area contributed by atoms with E-state index in [1.807, 2.05) is 0 Å². The maximum Gasteiger partial charge on any atom is 0.416 e. The van der Waals surface area contributed by atoms with Gasteiger partial charge in [0, 0.05) is 19.6 Å². The van der Waals surface area contributed by atoms with Gasteiger partial charge in [0.1, 0.15) is 11.6 Å². The lowest BCUT2D eigenvalue weighted by Gasteiger charge is -2.38. The van der Waals surface area contributed by atoms with Crippen molar-refractivity contribution in [3.05, 3.63) is 34.9 Å². The molecular weight excluding hydrogens is 431 g/mol. The summed E-state index contributed by atoms with van der Waals surface area (Å²) in [6.07, 6.45) is -4.87. The maximum atomic E-state index is 14.0. The number of nitrogens with two attached hydrogens (primary N) is 1. The summed E-state index contributed by atoms with van der Waals surface area (Å²) in [4.78, 5) is 38.1. The molecule has 1 aliphatic rings. The number of rotatable bonds is 6. The van der Waals surface area contributed by atoms with Gasteiger partial charge in [0.15, 0.2) is 0 Å². The molecule has 178 valence electrons. The predicted octanol–water partition coefficient (Wildman–Crippen LogP) is 2.02. The SMILES string of the molecule is CCOC(=O)c1ccc(C(C(=O)OC(C)(C)C)N2CCNC(C(N)=O)C2)c(C(F)(F)F)c1. The van der Waals surface area contributed by atoms with E-state index < -0.39 is 47.3 Å². The van der Waals surface area contributed by atoms with Crippen LogP contribution in [0.4, 0.5) is 13.2 Å². The highest BCUT2D eigenvalue weighted by Gasteiger charge is 2.42. The molecule has 0 aromatic heterocycles. The van der Waals surface area contributed by atoms with Crippen LogP contribution in [0.15, 0.2) is 18.2 Å². The van der Waals surface area contributed by atoms with Crippen molar-refractivity contribution in [3.8, 4) is 0 Å². The maximum absolute atomic E-state index is 14.0. The number of carbonyl (C=O) groups is 3. The lowest BCUT2D eigenvalue weighted by atomic mass is 9.95. The molecule has 1 heterocycles. The van der Waals surface area contributed by atoms with Gasteiger partial charge in [-0.2, -0.15) is 13.2 Å². The van der Waals surface area contributed by atoms with Crippen molar-refractivity contribution in [3.63, 3.8) is 0 Å². The number of carbonyl (C=O) groups excluding carboxylic acids is 3. The van der Waals surface area contributed by atoms with Crippen LogP contribution in [0.5, 0.6) is 0 Å². The van der Waals surface area contributed by atoms with Gasteiger partial charge in [0.2, 0.25) is 5.91 Å². The molecule has 1 aromatic rings. The molecule has 1 fully saturated rings. The zero-order valence-electron chi connectivity index (χ0n) is 18.4. The highest BCUT2D eigenvalue weighted by Crippen LogP contribution is 2.38. The summed E-state index contributed by atoms with van der Waals surface area (Å²) in [7, 11) is 0. The first kappa shape index (κ1) is 25.6. The van der Waals surface area contributed by atoms with Crippen molar-refractivity contribution < 1.29 is 37.0 Å². The third-order valence-corrected chi connectivity index (χ3v) is 4.71. The highest BCUT2D eigenvalue weighted by molar-refractivity contribution is 5.90. The van der Waals surface area contributed by atoms with Crippen LogP contribution in [-0.4, -0.2) is 60.6 Å². The third kappa shape index (κ3) is 6.42. The number of hydrogen-bond acceptors (Lipinski definition) is 7. The summed E-state index contributed by atoms with van der Waals surface area (Å²) in [6.45, 7) is 6.64. The number of primary amides is 1. The van der Waals surface area contributed by atoms with Crippen LogP contribution in [0.3, 0.4) is 0 Å². The Morgan fingerprint density at radius 3 is 2.44 bits per heavy atom. The fourth-order valence-corrected chi connectivity index (χ4v) is 3.41. The molecule has 0 aliphatic carbocycles. The van der Waals surface area contributed by atoms with Crippen molar-refractivity contribution >= 4 is 17.8 Å². The lowest BCUT2D eigenvalue weighted by molar-refractivity contribution is -0.163. The van der Waals surface area contributed by atoms with Crippen molar-refractivity contribution in [2.45, 2.75) is 51.6 Å². The van der Waals surface area contributed by atoms with Crippen molar-refractivity contribution in [2.75, 3.05) is 26.2 Å². The summed E-state index contributed by atoms with van der Waals surface area (Å²) in [5, 5.41) is 2.87. The molecule has 1 amide bonds. The van der Waals surface area contributed by atoms with Gasteiger partial charge >= 0.3 is 18.1 Å². The fraction of sp³-hybridized carbons (Fsp3) is 0.571. The Morgan fingerprint density at radius 1 is 1.25 bits per heavy atom. The number of nitrogens with one attached hydrogen (secondary N) is 1. The van der Waals surface area contributed by atoms with Crippen LogP contribution in [0, 0.1) is 0 Å². The number of esters is 2. The summed E-state index contributed by atoms with van der Waals surface area (Å²) in [5.74, 6) is -2.50. The number of alkyl halides is 3. The quantitative estimate of drug-likeness (QED) is 0.626. The number of benzene rings is 1. The predicted molar refractivity (Wildman–Crippen MR) is 109 cm³/mol. The highest BCUT2D eigenvalue weighted by atomic mass is 19.4. The molecule has 2 atom stereocenters. The van der Waals surface area contributed by atoms with E-state index in [9.17, 15) is 27.6 Å². The molecule has 8 nitrogen and oxygen atoms in total. The van der Waals surface area contributed by atoms with E-state index in [2.05, 4.69) is 5.32 Å². The molecule has 0 radical (unpaired) electrons. The van der Waals surface area contributed by atoms with Crippen LogP contribution >= 0.6 is 0 Å². The molecule has 2 rings (SSSR count). The average Bonchev–Trinajstić information content (AvgIpc) is 2.66. The number of halogens is 3. The summed E-state index contributed by atoms with van der Waals surface area (Å²) in [6, 6.07) is 0.602. The minimum atomic E-state index is -4.87. The number of piperazine rings is 1. The zero-order valence-corrected chi connectivity index (χ0v) is 18.4. The van der Waals surface area contributed by atoms with E-state index in [1.165, 1.54) is 17.9 Å². The van der Waals surface area contributed by atoms with Crippen molar-refractivity contribution in [2.24, 2.45) is 5.73 Å². The Hall–Kier alpha value is -2.66. The molecule has 1 aromatic carbocycles. The number of ether oxygens (including phenoxy) is 2. The fourth-order valence-electron chi connectivity index (χ4n) is 3.41. The molecule has 1 saturated heterocycles. The number of amides is 1. The second-order valence-corrected chi connectivity index (χ2v) is 8.36. The Labute approximate surface area is 184 Å². The molecule has 0 saturated carbocycles. The van der Waals surface area contributed by atoms with E-state index in [0.717, 1.165) is 6.07 Å². The molecule has 3 N–H and O–H groups in total. The molecular formula is C21H28F3N3O5. The Morgan fingerprint density at radius 2 is 1.91 bits per heavy atom. The van der Waals surface area contributed by atoms with Crippen molar-refractivity contribution in [1.82, 2.24) is 10.2 Å². The third-order valence-electron chi connectivity index (χ3n) is 4.71. The molecule has 1 aliphatic heterocycles. The molecule has 11 heteroatoms. The second-order valence-electron chi connectivity index (χ2n) is 8.36. The largest absolute Gasteiger partial charge is 0.462 e. The summed E-state index contributed by atoms with van der Waals surface area (Å²) in [5.41, 5.74) is 2.55. The van der Waals surface area contributed by atoms with Crippen LogP contribution in [-0.2, 0) is 25.2 Å². The standard InChI is InChI=1S/C21H28F3N3O5/c1-5-31-18(29)12-6-7-13(14(10-12)21(22,23)24)16(19(30)32-20(2,3)4)27-9-8-26-15(11-27)17(25)28/h6-7,10,15-16,26H,5,8-9,11H2,1-4H3,(H2,25,28). The van der Waals surface area contributed by atoms with Crippen LogP contribution in [0.1, 0.15) is 55.2 Å². The topological polar surface area (TPSA) is 111 Å². The summed E-state index contributed by atoms with van der Waals surface area (Å²) < 4.78 is 52.2.